The standard InChI is InChI=1S/C16H14Cl2N2O3S/c1-2-7-24-11-4-6-15(20(22)23)14(9-11)19-16(21)12-5-3-10(17)8-13(12)18/h3-6,8-9H,2,7H2,1H3,(H,19,21). The van der Waals surface area contributed by atoms with Crippen LogP contribution >= 0.6 is 35.0 Å². The van der Waals surface area contributed by atoms with Gasteiger partial charge in [0.15, 0.2) is 0 Å². The van der Waals surface area contributed by atoms with E-state index in [2.05, 4.69) is 5.32 Å². The molecule has 0 saturated carbocycles. The van der Waals surface area contributed by atoms with Gasteiger partial charge in [-0.1, -0.05) is 30.1 Å². The van der Waals surface area contributed by atoms with Crippen LogP contribution in [0.25, 0.3) is 0 Å². The number of halogens is 2. The van der Waals surface area contributed by atoms with E-state index in [1.807, 2.05) is 6.92 Å². The number of amides is 1. The number of nitro groups is 1. The number of thioether (sulfide) groups is 1. The third kappa shape index (κ3) is 4.63. The summed E-state index contributed by atoms with van der Waals surface area (Å²) in [4.78, 5) is 23.9. The molecule has 2 aromatic rings. The highest BCUT2D eigenvalue weighted by molar-refractivity contribution is 7.99. The van der Waals surface area contributed by atoms with Crippen molar-refractivity contribution in [3.05, 3.63) is 62.1 Å². The molecule has 0 heterocycles. The lowest BCUT2D eigenvalue weighted by atomic mass is 10.2. The third-order valence-corrected chi connectivity index (χ3v) is 4.81. The first-order chi connectivity index (χ1) is 11.4. The van der Waals surface area contributed by atoms with Gasteiger partial charge in [-0.3, -0.25) is 14.9 Å². The number of hydrogen-bond donors (Lipinski definition) is 1. The van der Waals surface area contributed by atoms with Gasteiger partial charge in [0.25, 0.3) is 11.6 Å². The highest BCUT2D eigenvalue weighted by atomic mass is 35.5. The molecule has 2 aromatic carbocycles. The van der Waals surface area contributed by atoms with Crippen molar-refractivity contribution in [3.63, 3.8) is 0 Å². The average molecular weight is 385 g/mol. The zero-order valence-corrected chi connectivity index (χ0v) is 15.0. The molecule has 8 heteroatoms. The molecule has 0 spiro atoms. The zero-order valence-electron chi connectivity index (χ0n) is 12.7. The van der Waals surface area contributed by atoms with Crippen molar-refractivity contribution in [2.24, 2.45) is 0 Å². The number of nitrogens with zero attached hydrogens (tertiary/aromatic N) is 1. The number of carbonyl (C=O) groups excluding carboxylic acids is 1. The van der Waals surface area contributed by atoms with Crippen molar-refractivity contribution in [1.29, 1.82) is 0 Å². The van der Waals surface area contributed by atoms with Crippen molar-refractivity contribution in [2.75, 3.05) is 11.1 Å². The van der Waals surface area contributed by atoms with Crippen LogP contribution in [-0.4, -0.2) is 16.6 Å². The van der Waals surface area contributed by atoms with Crippen molar-refractivity contribution < 1.29 is 9.72 Å². The fourth-order valence-corrected chi connectivity index (χ4v) is 3.25. The molecular formula is C16H14Cl2N2O3S. The highest BCUT2D eigenvalue weighted by Crippen LogP contribution is 2.31. The van der Waals surface area contributed by atoms with Gasteiger partial charge in [0, 0.05) is 16.0 Å². The number of nitrogens with one attached hydrogen (secondary N) is 1. The predicted octanol–water partition coefficient (Wildman–Crippen LogP) is 5.66. The second kappa shape index (κ2) is 8.37. The Morgan fingerprint density at radius 3 is 2.62 bits per heavy atom. The molecular weight excluding hydrogens is 371 g/mol. The van der Waals surface area contributed by atoms with Gasteiger partial charge in [-0.05, 0) is 42.5 Å². The van der Waals surface area contributed by atoms with E-state index in [-0.39, 0.29) is 22.0 Å². The van der Waals surface area contributed by atoms with Gasteiger partial charge in [-0.15, -0.1) is 11.8 Å². The van der Waals surface area contributed by atoms with E-state index >= 15 is 0 Å². The average Bonchev–Trinajstić information content (AvgIpc) is 2.52. The van der Waals surface area contributed by atoms with Crippen LogP contribution in [0.2, 0.25) is 10.0 Å². The maximum Gasteiger partial charge on any atom is 0.292 e. The first-order valence-electron chi connectivity index (χ1n) is 7.10. The Morgan fingerprint density at radius 2 is 2.00 bits per heavy atom. The fraction of sp³-hybridized carbons (Fsp3) is 0.188. The van der Waals surface area contributed by atoms with Crippen LogP contribution in [-0.2, 0) is 0 Å². The maximum atomic E-state index is 12.4. The lowest BCUT2D eigenvalue weighted by Gasteiger charge is -2.09. The highest BCUT2D eigenvalue weighted by Gasteiger charge is 2.19. The van der Waals surface area contributed by atoms with Crippen LogP contribution in [0.15, 0.2) is 41.3 Å². The number of rotatable bonds is 6. The van der Waals surface area contributed by atoms with Crippen LogP contribution in [0.3, 0.4) is 0 Å². The largest absolute Gasteiger partial charge is 0.316 e. The normalized spacial score (nSPS) is 10.5. The molecule has 126 valence electrons. The molecule has 0 fully saturated rings. The first kappa shape index (κ1) is 18.6. The summed E-state index contributed by atoms with van der Waals surface area (Å²) in [6, 6.07) is 9.10. The van der Waals surface area contributed by atoms with Gasteiger partial charge in [0.2, 0.25) is 0 Å². The summed E-state index contributed by atoms with van der Waals surface area (Å²) in [6.07, 6.45) is 0.976. The van der Waals surface area contributed by atoms with E-state index in [0.29, 0.717) is 5.02 Å². The van der Waals surface area contributed by atoms with Crippen molar-refractivity contribution in [3.8, 4) is 0 Å². The molecule has 0 aliphatic heterocycles. The topological polar surface area (TPSA) is 72.2 Å². The summed E-state index contributed by atoms with van der Waals surface area (Å²) in [5.74, 6) is 0.353. The molecule has 0 unspecified atom stereocenters. The van der Waals surface area contributed by atoms with Crippen LogP contribution in [0, 0.1) is 10.1 Å². The lowest BCUT2D eigenvalue weighted by Crippen LogP contribution is -2.13. The zero-order chi connectivity index (χ0) is 17.7. The fourth-order valence-electron chi connectivity index (χ4n) is 1.95. The van der Waals surface area contributed by atoms with Crippen LogP contribution in [0.4, 0.5) is 11.4 Å². The molecule has 0 atom stereocenters. The summed E-state index contributed by atoms with van der Waals surface area (Å²) in [5, 5.41) is 14.3. The van der Waals surface area contributed by atoms with E-state index in [1.54, 1.807) is 23.9 Å². The molecule has 0 aromatic heterocycles. The third-order valence-electron chi connectivity index (χ3n) is 3.06. The predicted molar refractivity (Wildman–Crippen MR) is 98.5 cm³/mol. The van der Waals surface area contributed by atoms with E-state index < -0.39 is 10.8 Å². The van der Waals surface area contributed by atoms with Gasteiger partial charge >= 0.3 is 0 Å². The SMILES string of the molecule is CCCSc1ccc([N+](=O)[O-])c(NC(=O)c2ccc(Cl)cc2Cl)c1. The van der Waals surface area contributed by atoms with Crippen LogP contribution < -0.4 is 5.32 Å². The van der Waals surface area contributed by atoms with Crippen molar-refractivity contribution >= 4 is 52.2 Å². The van der Waals surface area contributed by atoms with E-state index in [9.17, 15) is 14.9 Å². The van der Waals surface area contributed by atoms with Crippen LogP contribution in [0.1, 0.15) is 23.7 Å². The number of hydrogen-bond acceptors (Lipinski definition) is 4. The smallest absolute Gasteiger partial charge is 0.292 e. The number of nitro benzene ring substituents is 1. The van der Waals surface area contributed by atoms with Crippen LogP contribution in [0.5, 0.6) is 0 Å². The van der Waals surface area contributed by atoms with E-state index in [4.69, 9.17) is 23.2 Å². The Hall–Kier alpha value is -1.76. The Balaban J connectivity index is 2.31. The Bertz CT molecular complexity index is 784. The molecule has 0 saturated heterocycles. The van der Waals surface area contributed by atoms with Gasteiger partial charge in [0.1, 0.15) is 5.69 Å². The van der Waals surface area contributed by atoms with E-state index in [0.717, 1.165) is 17.1 Å². The summed E-state index contributed by atoms with van der Waals surface area (Å²) in [6.45, 7) is 2.05. The molecule has 2 rings (SSSR count). The summed E-state index contributed by atoms with van der Waals surface area (Å²) < 4.78 is 0. The molecule has 0 aliphatic rings. The molecule has 1 N–H and O–H groups in total. The Kier molecular flexibility index (Phi) is 6.48. The number of carbonyl (C=O) groups is 1. The maximum absolute atomic E-state index is 12.4. The van der Waals surface area contributed by atoms with Crippen molar-refractivity contribution in [1.82, 2.24) is 0 Å². The minimum atomic E-state index is -0.534. The van der Waals surface area contributed by atoms with Gasteiger partial charge < -0.3 is 5.32 Å². The Labute approximate surface area is 153 Å². The molecule has 0 radical (unpaired) electrons. The molecule has 1 amide bonds. The monoisotopic (exact) mass is 384 g/mol. The molecule has 0 aliphatic carbocycles. The minimum absolute atomic E-state index is 0.136. The first-order valence-corrected chi connectivity index (χ1v) is 8.84. The summed E-state index contributed by atoms with van der Waals surface area (Å²) >= 11 is 13.4. The van der Waals surface area contributed by atoms with Gasteiger partial charge in [-0.2, -0.15) is 0 Å². The van der Waals surface area contributed by atoms with Gasteiger partial charge in [0.05, 0.1) is 15.5 Å². The summed E-state index contributed by atoms with van der Waals surface area (Å²) in [5.41, 5.74) is 0.161. The molecule has 0 bridgehead atoms. The number of benzene rings is 2. The quantitative estimate of drug-likeness (QED) is 0.396. The van der Waals surface area contributed by atoms with E-state index in [1.165, 1.54) is 24.3 Å². The second-order valence-electron chi connectivity index (χ2n) is 4.86. The minimum Gasteiger partial charge on any atom is -0.316 e. The van der Waals surface area contributed by atoms with Gasteiger partial charge in [-0.25, -0.2) is 0 Å². The molecule has 24 heavy (non-hydrogen) atoms. The number of anilines is 1. The summed E-state index contributed by atoms with van der Waals surface area (Å²) in [7, 11) is 0. The van der Waals surface area contributed by atoms with Crippen molar-refractivity contribution in [2.45, 2.75) is 18.2 Å². The Morgan fingerprint density at radius 1 is 1.25 bits per heavy atom. The molecule has 5 nitrogen and oxygen atoms in total. The second-order valence-corrected chi connectivity index (χ2v) is 6.87. The lowest BCUT2D eigenvalue weighted by molar-refractivity contribution is -0.384.